The Labute approximate surface area is 136 Å². The van der Waals surface area contributed by atoms with Gasteiger partial charge in [0.2, 0.25) is 0 Å². The van der Waals surface area contributed by atoms with Crippen molar-refractivity contribution < 1.29 is 0 Å². The zero-order valence-corrected chi connectivity index (χ0v) is 17.0. The minimum absolute atomic E-state index is 0.597. The molecule has 0 amide bonds. The van der Waals surface area contributed by atoms with Crippen molar-refractivity contribution >= 4 is 0 Å². The minimum Gasteiger partial charge on any atom is -0.272 e. The molecule has 0 atom stereocenters. The third-order valence-electron chi connectivity index (χ3n) is 2.31. The van der Waals surface area contributed by atoms with E-state index >= 15 is 0 Å². The molecule has 21 heavy (non-hydrogen) atoms. The van der Waals surface area contributed by atoms with Crippen molar-refractivity contribution in [1.29, 1.82) is 0 Å². The van der Waals surface area contributed by atoms with Gasteiger partial charge in [-0.1, -0.05) is 89.0 Å². The molecule has 1 aromatic rings. The molecule has 2 nitrogen and oxygen atoms in total. The van der Waals surface area contributed by atoms with Crippen LogP contribution in [-0.2, 0) is 6.54 Å². The molecule has 0 radical (unpaired) electrons. The van der Waals surface area contributed by atoms with Crippen molar-refractivity contribution in [3.8, 4) is 0 Å². The maximum absolute atomic E-state index is 4.33. The molecule has 0 aliphatic heterocycles. The molecule has 0 aliphatic rings. The lowest BCUT2D eigenvalue weighted by atomic mass is 10.1. The molecule has 0 saturated heterocycles. The summed E-state index contributed by atoms with van der Waals surface area (Å²) in [6.07, 6.45) is 7.97. The Morgan fingerprint density at radius 1 is 0.905 bits per heavy atom. The van der Waals surface area contributed by atoms with Crippen LogP contribution in [0.15, 0.2) is 12.4 Å². The van der Waals surface area contributed by atoms with E-state index in [2.05, 4.69) is 36.7 Å². The van der Waals surface area contributed by atoms with Crippen LogP contribution >= 0.6 is 0 Å². The molecule has 2 heteroatoms. The van der Waals surface area contributed by atoms with Gasteiger partial charge in [-0.3, -0.25) is 4.68 Å². The van der Waals surface area contributed by atoms with E-state index < -0.39 is 0 Å². The van der Waals surface area contributed by atoms with E-state index in [4.69, 9.17) is 0 Å². The van der Waals surface area contributed by atoms with E-state index in [1.807, 2.05) is 61.6 Å². The molecule has 0 bridgehead atoms. The molecule has 0 N–H and O–H groups in total. The first-order valence-corrected chi connectivity index (χ1v) is 9.26. The minimum atomic E-state index is 0.597. The molecule has 0 aromatic carbocycles. The number of hydrogen-bond acceptors (Lipinski definition) is 1. The lowest BCUT2D eigenvalue weighted by Gasteiger charge is -2.00. The van der Waals surface area contributed by atoms with Gasteiger partial charge in [0.05, 0.1) is 6.20 Å². The fourth-order valence-corrected chi connectivity index (χ4v) is 1.32. The van der Waals surface area contributed by atoms with Gasteiger partial charge in [-0.2, -0.15) is 5.10 Å². The van der Waals surface area contributed by atoms with Gasteiger partial charge in [0, 0.05) is 12.7 Å². The number of nitrogens with zero attached hydrogens (tertiary/aromatic N) is 2. The second-order valence-corrected chi connectivity index (χ2v) is 3.90. The standard InChI is InChI=1S/C11H20N2.4C2H6/c1-4-5-6-7-13-9-11(8-12-13)10(2)3;4*1-2/h8-10H,4-7H2,1-3H3;4*1-2H3. The third-order valence-corrected chi connectivity index (χ3v) is 2.31. The van der Waals surface area contributed by atoms with Crippen molar-refractivity contribution in [3.05, 3.63) is 18.0 Å². The Kier molecular flexibility index (Phi) is 37.2. The van der Waals surface area contributed by atoms with Crippen LogP contribution in [0.4, 0.5) is 0 Å². The molecule has 0 spiro atoms. The summed E-state index contributed by atoms with van der Waals surface area (Å²) in [7, 11) is 0. The lowest BCUT2D eigenvalue weighted by molar-refractivity contribution is 0.552. The molecule has 0 unspecified atom stereocenters. The summed E-state index contributed by atoms with van der Waals surface area (Å²) >= 11 is 0. The van der Waals surface area contributed by atoms with Crippen LogP contribution in [0.25, 0.3) is 0 Å². The van der Waals surface area contributed by atoms with E-state index in [1.54, 1.807) is 0 Å². The Morgan fingerprint density at radius 3 is 1.71 bits per heavy atom. The van der Waals surface area contributed by atoms with E-state index in [-0.39, 0.29) is 0 Å². The summed E-state index contributed by atoms with van der Waals surface area (Å²) in [5, 5.41) is 4.33. The summed E-state index contributed by atoms with van der Waals surface area (Å²) in [5.74, 6) is 0.597. The normalized spacial score (nSPS) is 8.00. The summed E-state index contributed by atoms with van der Waals surface area (Å²) in [4.78, 5) is 0. The van der Waals surface area contributed by atoms with Gasteiger partial charge in [0.1, 0.15) is 0 Å². The number of rotatable bonds is 5. The van der Waals surface area contributed by atoms with E-state index in [0.717, 1.165) is 6.54 Å². The van der Waals surface area contributed by atoms with Crippen LogP contribution in [-0.4, -0.2) is 9.78 Å². The van der Waals surface area contributed by atoms with Gasteiger partial charge in [0.15, 0.2) is 0 Å². The molecule has 0 aliphatic carbocycles. The molecule has 130 valence electrons. The van der Waals surface area contributed by atoms with Crippen LogP contribution in [0.5, 0.6) is 0 Å². The van der Waals surface area contributed by atoms with Gasteiger partial charge in [-0.25, -0.2) is 0 Å². The predicted octanol–water partition coefficient (Wildman–Crippen LogP) is 7.30. The van der Waals surface area contributed by atoms with Crippen molar-refractivity contribution in [2.24, 2.45) is 0 Å². The topological polar surface area (TPSA) is 17.8 Å². The van der Waals surface area contributed by atoms with E-state index in [1.165, 1.54) is 24.8 Å². The van der Waals surface area contributed by atoms with Gasteiger partial charge in [0.25, 0.3) is 0 Å². The van der Waals surface area contributed by atoms with Crippen LogP contribution < -0.4 is 0 Å². The van der Waals surface area contributed by atoms with E-state index in [9.17, 15) is 0 Å². The third kappa shape index (κ3) is 19.2. The first kappa shape index (κ1) is 28.4. The lowest BCUT2D eigenvalue weighted by Crippen LogP contribution is -1.97. The number of unbranched alkanes of at least 4 members (excludes halogenated alkanes) is 2. The Bertz CT molecular complexity index is 239. The highest BCUT2D eigenvalue weighted by molar-refractivity contribution is 5.08. The second kappa shape index (κ2) is 27.5. The van der Waals surface area contributed by atoms with Crippen LogP contribution in [0.1, 0.15) is 107 Å². The van der Waals surface area contributed by atoms with Crippen molar-refractivity contribution in [1.82, 2.24) is 9.78 Å². The van der Waals surface area contributed by atoms with Gasteiger partial charge >= 0.3 is 0 Å². The summed E-state index contributed by atoms with van der Waals surface area (Å²) < 4.78 is 2.06. The maximum atomic E-state index is 4.33. The second-order valence-electron chi connectivity index (χ2n) is 3.90. The Morgan fingerprint density at radius 2 is 1.38 bits per heavy atom. The van der Waals surface area contributed by atoms with Gasteiger partial charge in [-0.05, 0) is 17.9 Å². The fraction of sp³-hybridized carbons (Fsp3) is 0.842. The van der Waals surface area contributed by atoms with Gasteiger partial charge < -0.3 is 0 Å². The van der Waals surface area contributed by atoms with Crippen LogP contribution in [0.3, 0.4) is 0 Å². The van der Waals surface area contributed by atoms with E-state index in [0.29, 0.717) is 5.92 Å². The largest absolute Gasteiger partial charge is 0.272 e. The summed E-state index contributed by atoms with van der Waals surface area (Å²) in [6.45, 7) is 23.7. The average Bonchev–Trinajstić information content (AvgIpc) is 3.05. The monoisotopic (exact) mass is 300 g/mol. The maximum Gasteiger partial charge on any atom is 0.0524 e. The predicted molar refractivity (Wildman–Crippen MR) is 101 cm³/mol. The molecule has 0 fully saturated rings. The molecular weight excluding hydrogens is 256 g/mol. The fourth-order valence-electron chi connectivity index (χ4n) is 1.32. The molecular formula is C19H44N2. The molecule has 1 heterocycles. The summed E-state index contributed by atoms with van der Waals surface area (Å²) in [6, 6.07) is 0. The zero-order valence-electron chi connectivity index (χ0n) is 17.0. The quantitative estimate of drug-likeness (QED) is 0.521. The SMILES string of the molecule is CC.CC.CC.CC.CCCCCn1cc(C(C)C)cn1. The Hall–Kier alpha value is -0.790. The van der Waals surface area contributed by atoms with Crippen molar-refractivity contribution in [3.63, 3.8) is 0 Å². The highest BCUT2D eigenvalue weighted by Gasteiger charge is 2.01. The summed E-state index contributed by atoms with van der Waals surface area (Å²) in [5.41, 5.74) is 1.34. The first-order chi connectivity index (χ1) is 10.2. The Balaban J connectivity index is -0.000000156. The first-order valence-electron chi connectivity index (χ1n) is 9.26. The van der Waals surface area contributed by atoms with Crippen molar-refractivity contribution in [2.45, 2.75) is 108 Å². The molecule has 1 rings (SSSR count). The zero-order chi connectivity index (χ0) is 17.7. The number of hydrogen-bond donors (Lipinski definition) is 0. The number of aromatic nitrogens is 2. The molecule has 0 saturated carbocycles. The van der Waals surface area contributed by atoms with Crippen LogP contribution in [0.2, 0.25) is 0 Å². The van der Waals surface area contributed by atoms with Gasteiger partial charge in [-0.15, -0.1) is 0 Å². The van der Waals surface area contributed by atoms with Crippen molar-refractivity contribution in [2.75, 3.05) is 0 Å². The highest BCUT2D eigenvalue weighted by atomic mass is 15.3. The average molecular weight is 301 g/mol. The molecule has 1 aromatic heterocycles. The highest BCUT2D eigenvalue weighted by Crippen LogP contribution is 2.12. The smallest absolute Gasteiger partial charge is 0.0524 e. The van der Waals surface area contributed by atoms with Crippen LogP contribution in [0, 0.1) is 0 Å². The number of aryl methyl sites for hydroxylation is 1.